The number of hydrogen-bond donors (Lipinski definition) is 2. The molecule has 5 heteroatoms. The molecule has 0 aliphatic carbocycles. The maximum absolute atomic E-state index is 10.2. The van der Waals surface area contributed by atoms with Gasteiger partial charge < -0.3 is 14.9 Å². The van der Waals surface area contributed by atoms with Crippen molar-refractivity contribution in [2.75, 3.05) is 52.5 Å². The molecule has 0 amide bonds. The van der Waals surface area contributed by atoms with E-state index in [1.54, 1.807) is 0 Å². The highest BCUT2D eigenvalue weighted by Crippen LogP contribution is 2.23. The molecule has 2 N–H and O–H groups in total. The Morgan fingerprint density at radius 3 is 2.63 bits per heavy atom. The third kappa shape index (κ3) is 4.39. The van der Waals surface area contributed by atoms with Crippen LogP contribution < -0.4 is 0 Å². The molecule has 0 radical (unpaired) electrons. The zero-order chi connectivity index (χ0) is 13.7. The predicted octanol–water partition coefficient (Wildman–Crippen LogP) is -0.228. The van der Waals surface area contributed by atoms with Crippen molar-refractivity contribution in [1.29, 1.82) is 0 Å². The second-order valence-electron chi connectivity index (χ2n) is 5.93. The molecule has 2 fully saturated rings. The molecular weight excluding hydrogens is 244 g/mol. The van der Waals surface area contributed by atoms with Crippen molar-refractivity contribution in [3.05, 3.63) is 0 Å². The predicted molar refractivity (Wildman–Crippen MR) is 74.1 cm³/mol. The SMILES string of the molecule is CC1CCCN(CC(O)CN2CCOCC2)C1CO. The van der Waals surface area contributed by atoms with Gasteiger partial charge in [-0.2, -0.15) is 0 Å². The Labute approximate surface area is 116 Å². The van der Waals surface area contributed by atoms with Crippen molar-refractivity contribution < 1.29 is 14.9 Å². The van der Waals surface area contributed by atoms with Crippen LogP contribution in [0.5, 0.6) is 0 Å². The zero-order valence-electron chi connectivity index (χ0n) is 12.0. The molecule has 0 spiro atoms. The third-order valence-corrected chi connectivity index (χ3v) is 4.44. The van der Waals surface area contributed by atoms with E-state index in [4.69, 9.17) is 4.74 Å². The topological polar surface area (TPSA) is 56.2 Å². The number of aliphatic hydroxyl groups is 2. The molecule has 112 valence electrons. The molecule has 0 aromatic carbocycles. The Balaban J connectivity index is 1.77. The molecule has 0 aromatic rings. The summed E-state index contributed by atoms with van der Waals surface area (Å²) in [6, 6.07) is 0.216. The Morgan fingerprint density at radius 1 is 1.21 bits per heavy atom. The van der Waals surface area contributed by atoms with Crippen molar-refractivity contribution in [2.45, 2.75) is 31.9 Å². The number of piperidine rings is 1. The summed E-state index contributed by atoms with van der Waals surface area (Å²) in [5.41, 5.74) is 0. The van der Waals surface area contributed by atoms with E-state index in [1.165, 1.54) is 12.8 Å². The molecule has 3 atom stereocenters. The second kappa shape index (κ2) is 7.55. The van der Waals surface area contributed by atoms with Gasteiger partial charge in [-0.1, -0.05) is 6.92 Å². The number of likely N-dealkylation sites (tertiary alicyclic amines) is 1. The normalized spacial score (nSPS) is 32.4. The van der Waals surface area contributed by atoms with Crippen molar-refractivity contribution >= 4 is 0 Å². The first-order chi connectivity index (χ1) is 9.20. The molecule has 0 bridgehead atoms. The third-order valence-electron chi connectivity index (χ3n) is 4.44. The zero-order valence-corrected chi connectivity index (χ0v) is 12.0. The number of nitrogens with zero attached hydrogens (tertiary/aromatic N) is 2. The van der Waals surface area contributed by atoms with Gasteiger partial charge in [-0.15, -0.1) is 0 Å². The lowest BCUT2D eigenvalue weighted by atomic mass is 9.91. The summed E-state index contributed by atoms with van der Waals surface area (Å²) in [6.07, 6.45) is 2.01. The smallest absolute Gasteiger partial charge is 0.0793 e. The van der Waals surface area contributed by atoms with Crippen LogP contribution in [0.1, 0.15) is 19.8 Å². The highest BCUT2D eigenvalue weighted by Gasteiger charge is 2.29. The molecule has 2 aliphatic rings. The van der Waals surface area contributed by atoms with E-state index >= 15 is 0 Å². The Bertz CT molecular complexity index is 259. The molecule has 19 heavy (non-hydrogen) atoms. The number of rotatable bonds is 5. The van der Waals surface area contributed by atoms with E-state index in [0.29, 0.717) is 19.0 Å². The highest BCUT2D eigenvalue weighted by molar-refractivity contribution is 4.83. The molecule has 2 heterocycles. The van der Waals surface area contributed by atoms with Crippen LogP contribution in [0.25, 0.3) is 0 Å². The van der Waals surface area contributed by atoms with E-state index in [9.17, 15) is 10.2 Å². The van der Waals surface area contributed by atoms with Crippen LogP contribution >= 0.6 is 0 Å². The number of ether oxygens (including phenoxy) is 1. The van der Waals surface area contributed by atoms with Gasteiger partial charge in [-0.3, -0.25) is 9.80 Å². The van der Waals surface area contributed by atoms with E-state index in [0.717, 1.165) is 32.8 Å². The monoisotopic (exact) mass is 272 g/mol. The van der Waals surface area contributed by atoms with Crippen LogP contribution in [-0.2, 0) is 4.74 Å². The van der Waals surface area contributed by atoms with Crippen molar-refractivity contribution in [3.8, 4) is 0 Å². The van der Waals surface area contributed by atoms with Crippen LogP contribution in [0.15, 0.2) is 0 Å². The van der Waals surface area contributed by atoms with Gasteiger partial charge in [-0.25, -0.2) is 0 Å². The lowest BCUT2D eigenvalue weighted by molar-refractivity contribution is -0.0138. The van der Waals surface area contributed by atoms with E-state index in [2.05, 4.69) is 16.7 Å². The molecule has 2 saturated heterocycles. The minimum absolute atomic E-state index is 0.200. The first kappa shape index (κ1) is 15.2. The van der Waals surface area contributed by atoms with Gasteiger partial charge in [0.1, 0.15) is 0 Å². The number of morpholine rings is 1. The van der Waals surface area contributed by atoms with E-state index in [-0.39, 0.29) is 18.8 Å². The summed E-state index contributed by atoms with van der Waals surface area (Å²) in [6.45, 7) is 8.15. The summed E-state index contributed by atoms with van der Waals surface area (Å²) in [7, 11) is 0. The van der Waals surface area contributed by atoms with Gasteiger partial charge in [0.05, 0.1) is 25.9 Å². The van der Waals surface area contributed by atoms with Crippen LogP contribution in [0.3, 0.4) is 0 Å². The summed E-state index contributed by atoms with van der Waals surface area (Å²) in [5.74, 6) is 0.523. The van der Waals surface area contributed by atoms with Crippen molar-refractivity contribution in [1.82, 2.24) is 9.80 Å². The van der Waals surface area contributed by atoms with Gasteiger partial charge in [0.15, 0.2) is 0 Å². The Hall–Kier alpha value is -0.200. The largest absolute Gasteiger partial charge is 0.395 e. The minimum Gasteiger partial charge on any atom is -0.395 e. The molecule has 3 unspecified atom stereocenters. The van der Waals surface area contributed by atoms with Crippen LogP contribution in [-0.4, -0.2) is 84.7 Å². The first-order valence-electron chi connectivity index (χ1n) is 7.53. The summed E-state index contributed by atoms with van der Waals surface area (Å²) in [4.78, 5) is 4.52. The van der Waals surface area contributed by atoms with Gasteiger partial charge in [0.25, 0.3) is 0 Å². The highest BCUT2D eigenvalue weighted by atomic mass is 16.5. The summed E-state index contributed by atoms with van der Waals surface area (Å²) >= 11 is 0. The van der Waals surface area contributed by atoms with Gasteiger partial charge in [-0.05, 0) is 25.3 Å². The molecule has 0 aromatic heterocycles. The molecule has 0 saturated carbocycles. The Kier molecular flexibility index (Phi) is 6.04. The second-order valence-corrected chi connectivity index (χ2v) is 5.93. The van der Waals surface area contributed by atoms with Crippen LogP contribution in [0.2, 0.25) is 0 Å². The summed E-state index contributed by atoms with van der Waals surface area (Å²) in [5, 5.41) is 19.8. The number of aliphatic hydroxyl groups excluding tert-OH is 2. The van der Waals surface area contributed by atoms with Gasteiger partial charge >= 0.3 is 0 Å². The molecule has 2 rings (SSSR count). The number of β-amino-alcohol motifs (C(OH)–C–C–N with tert-alkyl or cyclic N) is 1. The lowest BCUT2D eigenvalue weighted by Gasteiger charge is -2.40. The standard InChI is InChI=1S/C14H28N2O3/c1-12-3-2-4-16(14(12)11-17)10-13(18)9-15-5-7-19-8-6-15/h12-14,17-18H,2-11H2,1H3. The molecular formula is C14H28N2O3. The van der Waals surface area contributed by atoms with Crippen LogP contribution in [0, 0.1) is 5.92 Å². The average Bonchev–Trinajstić information content (AvgIpc) is 2.40. The fourth-order valence-corrected chi connectivity index (χ4v) is 3.27. The van der Waals surface area contributed by atoms with E-state index in [1.807, 2.05) is 0 Å². The maximum atomic E-state index is 10.2. The maximum Gasteiger partial charge on any atom is 0.0793 e. The fraction of sp³-hybridized carbons (Fsp3) is 1.00. The summed E-state index contributed by atoms with van der Waals surface area (Å²) < 4.78 is 5.31. The fourth-order valence-electron chi connectivity index (χ4n) is 3.27. The van der Waals surface area contributed by atoms with Gasteiger partial charge in [0, 0.05) is 32.2 Å². The van der Waals surface area contributed by atoms with E-state index < -0.39 is 0 Å². The van der Waals surface area contributed by atoms with Gasteiger partial charge in [0.2, 0.25) is 0 Å². The lowest BCUT2D eigenvalue weighted by Crippen LogP contribution is -2.51. The number of hydrogen-bond acceptors (Lipinski definition) is 5. The molecule has 2 aliphatic heterocycles. The Morgan fingerprint density at radius 2 is 1.95 bits per heavy atom. The van der Waals surface area contributed by atoms with Crippen LogP contribution in [0.4, 0.5) is 0 Å². The quantitative estimate of drug-likeness (QED) is 0.724. The molecule has 5 nitrogen and oxygen atoms in total. The van der Waals surface area contributed by atoms with Crippen molar-refractivity contribution in [3.63, 3.8) is 0 Å². The average molecular weight is 272 g/mol. The van der Waals surface area contributed by atoms with Crippen molar-refractivity contribution in [2.24, 2.45) is 5.92 Å². The minimum atomic E-state index is -0.336. The first-order valence-corrected chi connectivity index (χ1v) is 7.53.